The van der Waals surface area contributed by atoms with Crippen LogP contribution in [0.25, 0.3) is 31.7 Å². The number of nitrogens with zero attached hydrogens (tertiary/aromatic N) is 3. The molecule has 1 unspecified atom stereocenters. The van der Waals surface area contributed by atoms with Crippen LogP contribution in [0.3, 0.4) is 0 Å². The van der Waals surface area contributed by atoms with Crippen molar-refractivity contribution in [2.45, 2.75) is 116 Å². The lowest BCUT2D eigenvalue weighted by Gasteiger charge is -2.20. The van der Waals surface area contributed by atoms with Gasteiger partial charge in [-0.2, -0.15) is 39.5 Å². The molecule has 6 aromatic carbocycles. The molecule has 0 radical (unpaired) electrons. The molecule has 3 heterocycles. The number of carbonyl (C=O) groups is 3. The summed E-state index contributed by atoms with van der Waals surface area (Å²) in [6.07, 6.45) is -9.92. The number of aliphatic hydroxyl groups is 1. The van der Waals surface area contributed by atoms with Gasteiger partial charge in [-0.05, 0) is 93.1 Å². The number of carbonyl (C=O) groups excluding carboxylic acids is 2. The number of rotatable bonds is 20. The van der Waals surface area contributed by atoms with Crippen LogP contribution < -0.4 is 0 Å². The van der Waals surface area contributed by atoms with Crippen molar-refractivity contribution in [3.8, 4) is 44.5 Å². The highest BCUT2D eigenvalue weighted by Crippen LogP contribution is 2.41. The van der Waals surface area contributed by atoms with Gasteiger partial charge in [-0.3, -0.25) is 0 Å². The fourth-order valence-electron chi connectivity index (χ4n) is 9.14. The van der Waals surface area contributed by atoms with Gasteiger partial charge in [0.25, 0.3) is 0 Å². The molecule has 9 aromatic rings. The molecule has 0 saturated carbocycles. The van der Waals surface area contributed by atoms with Crippen molar-refractivity contribution in [2.24, 2.45) is 0 Å². The number of aryl methyl sites for hydroxylation is 3. The smallest absolute Gasteiger partial charge is 0.416 e. The number of carboxylic acid groups (broad SMARTS) is 1. The largest absolute Gasteiger partial charge is 0.479 e. The molecule has 0 fully saturated rings. The Hall–Kier alpha value is -8.61. The molecule has 3 aromatic heterocycles. The minimum Gasteiger partial charge on any atom is -0.479 e. The van der Waals surface area contributed by atoms with E-state index in [0.29, 0.717) is 79.1 Å². The third-order valence-corrected chi connectivity index (χ3v) is 18.0. The summed E-state index contributed by atoms with van der Waals surface area (Å²) >= 11 is 3.93. The fraction of sp³-hybridized carbons (Fsp3) is 0.296. The fourth-order valence-corrected chi connectivity index (χ4v) is 12.7. The number of methoxy groups -OCH3 is 3. The Labute approximate surface area is 564 Å². The summed E-state index contributed by atoms with van der Waals surface area (Å²) in [7, 11) is 4.27. The van der Waals surface area contributed by atoms with Crippen LogP contribution in [0.1, 0.15) is 143 Å². The van der Waals surface area contributed by atoms with Crippen molar-refractivity contribution in [3.63, 3.8) is 0 Å². The van der Waals surface area contributed by atoms with Crippen LogP contribution in [-0.4, -0.2) is 64.4 Å². The number of carboxylic acids is 1. The Morgan fingerprint density at radius 3 is 0.958 bits per heavy atom. The molecule has 9 rings (SSSR count). The number of benzene rings is 6. The molecular formula is C71H70F9N3O10S3. The van der Waals surface area contributed by atoms with Gasteiger partial charge in [-0.1, -0.05) is 148 Å². The van der Waals surface area contributed by atoms with Crippen LogP contribution in [-0.2, 0) is 56.6 Å². The zero-order chi connectivity index (χ0) is 71.8. The first kappa shape index (κ1) is 76.4. The SMILES string of the molecule is CCC(O)c1sc(-c2ccc(C(F)(F)F)cc2)nc1C.CC[C@@H](OC(=O)[C@H](OC)c1ccccc1)c1sc(-c2ccc(C(F)(F)F)cc2)nc1C.CC[C@H](OC(=O)[C@H](OC)c1ccccc1)c1sc(-c2ccc(C(F)(F)F)cc2)nc1C.CO[C@@H](C(=O)O)c1ccccc1.[2H]C#C. The molecule has 25 heteroatoms. The van der Waals surface area contributed by atoms with Crippen LogP contribution in [0.15, 0.2) is 164 Å². The molecule has 0 aliphatic carbocycles. The van der Waals surface area contributed by atoms with Gasteiger partial charge >= 0.3 is 36.4 Å². The van der Waals surface area contributed by atoms with E-state index in [4.69, 9.17) is 30.2 Å². The molecule has 0 amide bonds. The molecule has 0 bridgehead atoms. The quantitative estimate of drug-likeness (QED) is 0.0419. The Bertz CT molecular complexity index is 3780. The first-order chi connectivity index (χ1) is 46.0. The number of esters is 2. The van der Waals surface area contributed by atoms with Crippen LogP contribution in [0.2, 0.25) is 0 Å². The van der Waals surface area contributed by atoms with Gasteiger partial charge in [0.05, 0.1) is 54.5 Å². The lowest BCUT2D eigenvalue weighted by molar-refractivity contribution is -0.162. The van der Waals surface area contributed by atoms with Gasteiger partial charge < -0.3 is 33.9 Å². The average molecular weight is 1390 g/mol. The van der Waals surface area contributed by atoms with Crippen molar-refractivity contribution in [1.29, 1.82) is 0 Å². The highest BCUT2D eigenvalue weighted by atomic mass is 32.1. The summed E-state index contributed by atoms with van der Waals surface area (Å²) in [5.74, 6) is -1.99. The number of alkyl halides is 9. The molecule has 6 atom stereocenters. The predicted molar refractivity (Wildman–Crippen MR) is 351 cm³/mol. The van der Waals surface area contributed by atoms with Gasteiger partial charge in [-0.25, -0.2) is 29.3 Å². The van der Waals surface area contributed by atoms with Crippen LogP contribution >= 0.6 is 34.0 Å². The van der Waals surface area contributed by atoms with Gasteiger partial charge in [-0.15, -0.1) is 46.8 Å². The monoisotopic (exact) mass is 1390 g/mol. The molecule has 0 aliphatic rings. The lowest BCUT2D eigenvalue weighted by atomic mass is 10.1. The molecule has 510 valence electrons. The maximum atomic E-state index is 12.8. The summed E-state index contributed by atoms with van der Waals surface area (Å²) < 4.78 is 147. The number of thiazole rings is 3. The van der Waals surface area contributed by atoms with Crippen molar-refractivity contribution in [3.05, 3.63) is 229 Å². The number of aromatic nitrogens is 3. The topological polar surface area (TPSA) is 176 Å². The second-order valence-electron chi connectivity index (χ2n) is 20.6. The number of hydrogen-bond acceptors (Lipinski definition) is 15. The number of hydrogen-bond donors (Lipinski definition) is 2. The van der Waals surface area contributed by atoms with E-state index in [0.717, 1.165) is 56.7 Å². The van der Waals surface area contributed by atoms with E-state index in [1.165, 1.54) is 98.1 Å². The molecule has 13 nitrogen and oxygen atoms in total. The number of terminal acetylenes is 1. The zero-order valence-electron chi connectivity index (χ0n) is 54.4. The Morgan fingerprint density at radius 2 is 0.719 bits per heavy atom. The standard InChI is InChI=1S/2C23H22F3NO3S.C14H14F3NOS.C9H10O3.C2H2/c2*1-4-18(30-22(28)19(29-3)15-8-6-5-7-9-15)20-14(2)27-21(31-20)16-10-12-17(13-11-16)23(24,25)26;1-3-11(19)12-8(2)18-13(20-12)9-4-6-10(7-5-9)14(15,16)17;1-12-8(9(10)11)7-5-3-2-4-6-7;1-2/h2*5-13,18-19H,4H2,1-3H3;4-7,11,19H,3H2,1-2H3;2-6,8H,1H3,(H,10,11);1-2H/t18-,19+;18-,19-;;8-;/m01.1./s1/i;;;;1D. The number of aliphatic carboxylic acids is 1. The second kappa shape index (κ2) is 36.5. The summed E-state index contributed by atoms with van der Waals surface area (Å²) in [6.45, 7) is 11.0. The summed E-state index contributed by atoms with van der Waals surface area (Å²) in [6, 6.07) is 41.6. The first-order valence-electron chi connectivity index (χ1n) is 29.9. The molecule has 0 spiro atoms. The molecule has 2 N–H and O–H groups in total. The van der Waals surface area contributed by atoms with E-state index < -0.39 is 89.8 Å². The summed E-state index contributed by atoms with van der Waals surface area (Å²) in [4.78, 5) is 51.7. The van der Waals surface area contributed by atoms with Crippen molar-refractivity contribution in [2.75, 3.05) is 21.3 Å². The van der Waals surface area contributed by atoms with Crippen molar-refractivity contribution < 1.29 is 89.2 Å². The van der Waals surface area contributed by atoms with Gasteiger partial charge in [0.2, 0.25) is 0 Å². The second-order valence-corrected chi connectivity index (χ2v) is 23.7. The molecule has 96 heavy (non-hydrogen) atoms. The normalized spacial score (nSPS) is 13.2. The minimum absolute atomic E-state index is 0.510. The van der Waals surface area contributed by atoms with Crippen molar-refractivity contribution in [1.82, 2.24) is 15.0 Å². The number of halogens is 9. The average Bonchev–Trinajstić information content (AvgIpc) is 1.70. The van der Waals surface area contributed by atoms with Gasteiger partial charge in [0.1, 0.15) is 28.6 Å². The van der Waals surface area contributed by atoms with E-state index >= 15 is 0 Å². The number of aliphatic hydroxyl groups excluding tert-OH is 1. The minimum atomic E-state index is -4.39. The molecular weight excluding hydrogens is 1320 g/mol. The predicted octanol–water partition coefficient (Wildman–Crippen LogP) is 19.3. The number of ether oxygens (including phenoxy) is 5. The molecule has 0 aliphatic heterocycles. The lowest BCUT2D eigenvalue weighted by Crippen LogP contribution is -2.20. The van der Waals surface area contributed by atoms with E-state index in [1.54, 1.807) is 69.3 Å². The van der Waals surface area contributed by atoms with Crippen molar-refractivity contribution >= 4 is 51.9 Å². The van der Waals surface area contributed by atoms with Crippen LogP contribution in [0.5, 0.6) is 0 Å². The highest BCUT2D eigenvalue weighted by Gasteiger charge is 2.34. The maximum absolute atomic E-state index is 12.8. The van der Waals surface area contributed by atoms with E-state index in [2.05, 4.69) is 21.4 Å². The first-order valence-corrected chi connectivity index (χ1v) is 31.8. The molecule has 0 saturated heterocycles. The summed E-state index contributed by atoms with van der Waals surface area (Å²) in [5.41, 5.74) is 3.79. The third kappa shape index (κ3) is 21.7. The highest BCUT2D eigenvalue weighted by molar-refractivity contribution is 7.16. The zero-order valence-corrected chi connectivity index (χ0v) is 55.8. The third-order valence-electron chi connectivity index (χ3n) is 14.1. The van der Waals surface area contributed by atoms with Gasteiger partial charge in [0.15, 0.2) is 18.3 Å². The maximum Gasteiger partial charge on any atom is 0.416 e. The van der Waals surface area contributed by atoms with Gasteiger partial charge in [0, 0.05) is 38.0 Å². The van der Waals surface area contributed by atoms with Crippen LogP contribution in [0, 0.1) is 33.6 Å². The van der Waals surface area contributed by atoms with E-state index in [9.17, 15) is 59.0 Å². The van der Waals surface area contributed by atoms with E-state index in [-0.39, 0.29) is 0 Å². The Kier molecular flexibility index (Phi) is 29.0. The summed E-state index contributed by atoms with van der Waals surface area (Å²) in [5, 5.41) is 20.3. The Balaban J connectivity index is 0.000000242. The van der Waals surface area contributed by atoms with E-state index in [1.807, 2.05) is 63.2 Å². The Morgan fingerprint density at radius 1 is 0.458 bits per heavy atom. The van der Waals surface area contributed by atoms with Crippen LogP contribution in [0.4, 0.5) is 39.5 Å².